The summed E-state index contributed by atoms with van der Waals surface area (Å²) in [5, 5.41) is 8.22. The van der Waals surface area contributed by atoms with Crippen molar-refractivity contribution in [2.45, 2.75) is 13.3 Å². The van der Waals surface area contributed by atoms with E-state index in [1.807, 2.05) is 12.3 Å². The Bertz CT molecular complexity index is 1150. The molecule has 1 saturated heterocycles. The van der Waals surface area contributed by atoms with E-state index in [1.165, 1.54) is 17.9 Å². The fourth-order valence-corrected chi connectivity index (χ4v) is 4.33. The monoisotopic (exact) mass is 466 g/mol. The van der Waals surface area contributed by atoms with Gasteiger partial charge in [-0.15, -0.1) is 0 Å². The Kier molecular flexibility index (Phi) is 7.54. The maximum absolute atomic E-state index is 12.7. The Labute approximate surface area is 198 Å². The van der Waals surface area contributed by atoms with Crippen molar-refractivity contribution in [1.29, 1.82) is 0 Å². The predicted octanol–water partition coefficient (Wildman–Crippen LogP) is 3.98. The number of fused-ring (bicyclic) bond motifs is 1. The van der Waals surface area contributed by atoms with Crippen LogP contribution in [0.1, 0.15) is 12.5 Å². The zero-order valence-corrected chi connectivity index (χ0v) is 19.3. The Morgan fingerprint density at radius 2 is 2.03 bits per heavy atom. The standard InChI is InChI=1S/C25H27ClN4O3/c1-17(31)28-22-4-5-24(23(26)12-22)29-25(32)15-30-8-9-33-16-19(14-30)10-18-2-3-20-6-7-27-13-21(20)11-18/h2-7,11-13,19H,8-10,14-16H2,1H3,(H,28,31)(H,29,32)/t19-/m1/s1. The zero-order chi connectivity index (χ0) is 23.2. The first-order valence-electron chi connectivity index (χ1n) is 11.0. The van der Waals surface area contributed by atoms with E-state index in [-0.39, 0.29) is 24.3 Å². The van der Waals surface area contributed by atoms with Crippen molar-refractivity contribution in [1.82, 2.24) is 9.88 Å². The van der Waals surface area contributed by atoms with Gasteiger partial charge in [0.25, 0.3) is 0 Å². The zero-order valence-electron chi connectivity index (χ0n) is 18.5. The number of ether oxygens (including phenoxy) is 1. The van der Waals surface area contributed by atoms with Crippen LogP contribution in [0.4, 0.5) is 11.4 Å². The molecule has 33 heavy (non-hydrogen) atoms. The quantitative estimate of drug-likeness (QED) is 0.574. The van der Waals surface area contributed by atoms with E-state index in [1.54, 1.807) is 24.4 Å². The maximum atomic E-state index is 12.7. The molecule has 172 valence electrons. The third kappa shape index (κ3) is 6.51. The highest BCUT2D eigenvalue weighted by Gasteiger charge is 2.21. The van der Waals surface area contributed by atoms with Crippen molar-refractivity contribution in [3.05, 3.63) is 65.4 Å². The SMILES string of the molecule is CC(=O)Nc1ccc(NC(=O)CN2CCOC[C@H](Cc3ccc4ccncc4c3)C2)c(Cl)c1. The summed E-state index contributed by atoms with van der Waals surface area (Å²) in [7, 11) is 0. The third-order valence-corrected chi connectivity index (χ3v) is 5.89. The minimum atomic E-state index is -0.179. The minimum Gasteiger partial charge on any atom is -0.380 e. The molecule has 1 aliphatic rings. The lowest BCUT2D eigenvalue weighted by atomic mass is 9.98. The van der Waals surface area contributed by atoms with Gasteiger partial charge >= 0.3 is 0 Å². The molecule has 0 saturated carbocycles. The molecule has 1 fully saturated rings. The fourth-order valence-electron chi connectivity index (χ4n) is 4.10. The van der Waals surface area contributed by atoms with Gasteiger partial charge in [-0.1, -0.05) is 23.7 Å². The summed E-state index contributed by atoms with van der Waals surface area (Å²) in [5.41, 5.74) is 2.34. The van der Waals surface area contributed by atoms with Crippen LogP contribution >= 0.6 is 11.6 Å². The van der Waals surface area contributed by atoms with Gasteiger partial charge in [-0.05, 0) is 53.6 Å². The summed E-state index contributed by atoms with van der Waals surface area (Å²) in [6, 6.07) is 13.5. The number of pyridine rings is 1. The molecule has 2 amide bonds. The van der Waals surface area contributed by atoms with E-state index in [4.69, 9.17) is 16.3 Å². The molecule has 8 heteroatoms. The highest BCUT2D eigenvalue weighted by molar-refractivity contribution is 6.34. The van der Waals surface area contributed by atoms with E-state index in [0.717, 1.165) is 18.4 Å². The molecule has 0 aliphatic carbocycles. The van der Waals surface area contributed by atoms with Gasteiger partial charge in [-0.2, -0.15) is 0 Å². The third-order valence-electron chi connectivity index (χ3n) is 5.58. The van der Waals surface area contributed by atoms with Gasteiger partial charge in [0, 0.05) is 43.5 Å². The van der Waals surface area contributed by atoms with Crippen molar-refractivity contribution in [2.75, 3.05) is 43.5 Å². The molecule has 3 aromatic rings. The summed E-state index contributed by atoms with van der Waals surface area (Å²) in [6.07, 6.45) is 4.56. The predicted molar refractivity (Wildman–Crippen MR) is 131 cm³/mol. The van der Waals surface area contributed by atoms with Crippen molar-refractivity contribution in [3.8, 4) is 0 Å². The van der Waals surface area contributed by atoms with E-state index in [9.17, 15) is 9.59 Å². The molecule has 2 heterocycles. The second-order valence-electron chi connectivity index (χ2n) is 8.36. The van der Waals surface area contributed by atoms with E-state index < -0.39 is 0 Å². The molecule has 0 radical (unpaired) electrons. The number of anilines is 2. The molecule has 2 aromatic carbocycles. The van der Waals surface area contributed by atoms with E-state index in [2.05, 4.69) is 38.7 Å². The van der Waals surface area contributed by atoms with Crippen LogP contribution < -0.4 is 10.6 Å². The van der Waals surface area contributed by atoms with Crippen LogP contribution in [0.2, 0.25) is 5.02 Å². The molecule has 7 nitrogen and oxygen atoms in total. The minimum absolute atomic E-state index is 0.137. The number of hydrogen-bond acceptors (Lipinski definition) is 5. The summed E-state index contributed by atoms with van der Waals surface area (Å²) in [4.78, 5) is 30.2. The second-order valence-corrected chi connectivity index (χ2v) is 8.77. The van der Waals surface area contributed by atoms with Crippen LogP contribution in [-0.2, 0) is 20.7 Å². The number of nitrogens with one attached hydrogen (secondary N) is 2. The Balaban J connectivity index is 1.35. The summed E-state index contributed by atoms with van der Waals surface area (Å²) in [5.74, 6) is -0.0299. The fraction of sp³-hybridized carbons (Fsp3) is 0.320. The molecule has 2 N–H and O–H groups in total. The second kappa shape index (κ2) is 10.7. The molecule has 1 atom stereocenters. The van der Waals surface area contributed by atoms with Crippen LogP contribution in [0.5, 0.6) is 0 Å². The van der Waals surface area contributed by atoms with E-state index >= 15 is 0 Å². The van der Waals surface area contributed by atoms with Gasteiger partial charge in [0.15, 0.2) is 0 Å². The van der Waals surface area contributed by atoms with E-state index in [0.29, 0.717) is 36.2 Å². The molecular formula is C25H27ClN4O3. The first-order valence-corrected chi connectivity index (χ1v) is 11.3. The summed E-state index contributed by atoms with van der Waals surface area (Å²) >= 11 is 6.28. The van der Waals surface area contributed by atoms with Crippen LogP contribution in [0.15, 0.2) is 54.9 Å². The molecule has 4 rings (SSSR count). The molecule has 0 unspecified atom stereocenters. The lowest BCUT2D eigenvalue weighted by Crippen LogP contribution is -2.37. The summed E-state index contributed by atoms with van der Waals surface area (Å²) in [6.45, 7) is 4.41. The van der Waals surface area contributed by atoms with Gasteiger partial charge in [0.1, 0.15) is 0 Å². The van der Waals surface area contributed by atoms with Crippen LogP contribution in [0.3, 0.4) is 0 Å². The van der Waals surface area contributed by atoms with Gasteiger partial charge in [0.2, 0.25) is 11.8 Å². The van der Waals surface area contributed by atoms with Crippen LogP contribution in [-0.4, -0.2) is 54.5 Å². The highest BCUT2D eigenvalue weighted by atomic mass is 35.5. The van der Waals surface area contributed by atoms with Crippen molar-refractivity contribution in [2.24, 2.45) is 5.92 Å². The van der Waals surface area contributed by atoms with Gasteiger partial charge < -0.3 is 15.4 Å². The number of halogens is 1. The number of rotatable bonds is 6. The lowest BCUT2D eigenvalue weighted by molar-refractivity contribution is -0.117. The molecule has 1 aromatic heterocycles. The van der Waals surface area contributed by atoms with Crippen molar-refractivity contribution < 1.29 is 14.3 Å². The molecular weight excluding hydrogens is 440 g/mol. The number of carbonyl (C=O) groups excluding carboxylic acids is 2. The average Bonchev–Trinajstić information content (AvgIpc) is 3.00. The summed E-state index contributed by atoms with van der Waals surface area (Å²) < 4.78 is 5.82. The van der Waals surface area contributed by atoms with Crippen LogP contribution in [0.25, 0.3) is 10.8 Å². The Morgan fingerprint density at radius 3 is 2.85 bits per heavy atom. The van der Waals surface area contributed by atoms with Crippen LogP contribution in [0, 0.1) is 5.92 Å². The molecule has 0 spiro atoms. The lowest BCUT2D eigenvalue weighted by Gasteiger charge is -2.23. The number of nitrogens with zero attached hydrogens (tertiary/aromatic N) is 2. The van der Waals surface area contributed by atoms with Gasteiger partial charge in [0.05, 0.1) is 30.5 Å². The highest BCUT2D eigenvalue weighted by Crippen LogP contribution is 2.26. The van der Waals surface area contributed by atoms with Crippen molar-refractivity contribution in [3.63, 3.8) is 0 Å². The molecule has 0 bridgehead atoms. The number of carbonyl (C=O) groups is 2. The van der Waals surface area contributed by atoms with Gasteiger partial charge in [-0.3, -0.25) is 19.5 Å². The largest absolute Gasteiger partial charge is 0.380 e. The number of aromatic nitrogens is 1. The first-order chi connectivity index (χ1) is 16.0. The number of benzene rings is 2. The number of hydrogen-bond donors (Lipinski definition) is 2. The normalized spacial score (nSPS) is 16.8. The van der Waals surface area contributed by atoms with Crippen molar-refractivity contribution >= 4 is 45.6 Å². The Morgan fingerprint density at radius 1 is 1.15 bits per heavy atom. The Hall–Kier alpha value is -3.00. The van der Waals surface area contributed by atoms with Gasteiger partial charge in [-0.25, -0.2) is 0 Å². The molecule has 1 aliphatic heterocycles. The number of amides is 2. The average molecular weight is 467 g/mol. The first kappa shape index (κ1) is 23.2. The smallest absolute Gasteiger partial charge is 0.238 e. The topological polar surface area (TPSA) is 83.6 Å². The maximum Gasteiger partial charge on any atom is 0.238 e.